The Morgan fingerprint density at radius 3 is 2.33 bits per heavy atom. The summed E-state index contributed by atoms with van der Waals surface area (Å²) in [5, 5.41) is 23.7. The monoisotopic (exact) mass is 366 g/mol. The zero-order valence-corrected chi connectivity index (χ0v) is 14.8. The van der Waals surface area contributed by atoms with Crippen LogP contribution in [0, 0.1) is 5.41 Å². The van der Waals surface area contributed by atoms with Crippen molar-refractivity contribution in [2.24, 2.45) is 0 Å². The van der Waals surface area contributed by atoms with Gasteiger partial charge in [-0.05, 0) is 24.1 Å². The SMILES string of the molecule is N=C(c1ccc(CNC(=O)[C@@H]2CCN2)cc1)N(Cc1ccccc1)C(=O)O. The number of amidine groups is 1. The Hall–Kier alpha value is -3.19. The summed E-state index contributed by atoms with van der Waals surface area (Å²) in [6.07, 6.45) is -0.317. The van der Waals surface area contributed by atoms with E-state index >= 15 is 0 Å². The highest BCUT2D eigenvalue weighted by Gasteiger charge is 2.24. The molecule has 2 aromatic carbocycles. The van der Waals surface area contributed by atoms with Crippen molar-refractivity contribution in [2.75, 3.05) is 6.54 Å². The van der Waals surface area contributed by atoms with Crippen LogP contribution in [0.15, 0.2) is 54.6 Å². The number of nitrogens with one attached hydrogen (secondary N) is 3. The van der Waals surface area contributed by atoms with Gasteiger partial charge in [0.1, 0.15) is 5.84 Å². The van der Waals surface area contributed by atoms with E-state index in [4.69, 9.17) is 5.41 Å². The predicted molar refractivity (Wildman–Crippen MR) is 102 cm³/mol. The Morgan fingerprint density at radius 2 is 1.78 bits per heavy atom. The fraction of sp³-hybridized carbons (Fsp3) is 0.250. The lowest BCUT2D eigenvalue weighted by Crippen LogP contribution is -2.52. The maximum absolute atomic E-state index is 11.8. The van der Waals surface area contributed by atoms with Gasteiger partial charge in [0, 0.05) is 12.1 Å². The van der Waals surface area contributed by atoms with Crippen molar-refractivity contribution in [1.29, 1.82) is 5.41 Å². The molecule has 1 aliphatic heterocycles. The molecule has 1 atom stereocenters. The number of rotatable bonds is 6. The number of hydrogen-bond donors (Lipinski definition) is 4. The van der Waals surface area contributed by atoms with Crippen LogP contribution in [0.5, 0.6) is 0 Å². The second kappa shape index (κ2) is 8.46. The van der Waals surface area contributed by atoms with Crippen LogP contribution in [-0.4, -0.2) is 40.4 Å². The van der Waals surface area contributed by atoms with Gasteiger partial charge in [0.05, 0.1) is 12.6 Å². The van der Waals surface area contributed by atoms with Gasteiger partial charge in [-0.15, -0.1) is 0 Å². The average Bonchev–Trinajstić information content (AvgIpc) is 2.63. The summed E-state index contributed by atoms with van der Waals surface area (Å²) in [4.78, 5) is 24.4. The Kier molecular flexibility index (Phi) is 5.83. The molecule has 0 aliphatic carbocycles. The maximum Gasteiger partial charge on any atom is 0.413 e. The molecule has 0 radical (unpaired) electrons. The third-order valence-corrected chi connectivity index (χ3v) is 4.52. The van der Waals surface area contributed by atoms with Gasteiger partial charge in [0.15, 0.2) is 0 Å². The molecule has 0 aromatic heterocycles. The van der Waals surface area contributed by atoms with E-state index in [0.717, 1.165) is 29.0 Å². The van der Waals surface area contributed by atoms with Crippen LogP contribution < -0.4 is 10.6 Å². The standard InChI is InChI=1S/C20H22N4O3/c21-18(24(20(26)27)13-15-4-2-1-3-5-15)16-8-6-14(7-9-16)12-23-19(25)17-10-11-22-17/h1-9,17,21-22H,10-13H2,(H,23,25)(H,26,27)/t17-/m0/s1. The van der Waals surface area contributed by atoms with Gasteiger partial charge in [0.2, 0.25) is 5.91 Å². The van der Waals surface area contributed by atoms with Gasteiger partial charge in [-0.3, -0.25) is 15.1 Å². The Bertz CT molecular complexity index is 817. The van der Waals surface area contributed by atoms with Gasteiger partial charge in [-0.25, -0.2) is 4.79 Å². The number of carbonyl (C=O) groups excluding carboxylic acids is 1. The molecule has 140 valence electrons. The number of carbonyl (C=O) groups is 2. The lowest BCUT2D eigenvalue weighted by molar-refractivity contribution is -0.124. The minimum atomic E-state index is -1.17. The molecular formula is C20H22N4O3. The van der Waals surface area contributed by atoms with Gasteiger partial charge in [-0.1, -0.05) is 54.6 Å². The van der Waals surface area contributed by atoms with E-state index in [2.05, 4.69) is 10.6 Å². The van der Waals surface area contributed by atoms with Crippen LogP contribution in [0.1, 0.15) is 23.1 Å². The lowest BCUT2D eigenvalue weighted by atomic mass is 10.1. The molecule has 0 bridgehead atoms. The fourth-order valence-electron chi connectivity index (χ4n) is 2.77. The minimum Gasteiger partial charge on any atom is -0.465 e. The molecular weight excluding hydrogens is 344 g/mol. The summed E-state index contributed by atoms with van der Waals surface area (Å²) in [6, 6.07) is 16.1. The molecule has 2 amide bonds. The number of amides is 2. The molecule has 1 aliphatic rings. The molecule has 1 fully saturated rings. The lowest BCUT2D eigenvalue weighted by Gasteiger charge is -2.26. The van der Waals surface area contributed by atoms with Crippen LogP contribution in [0.4, 0.5) is 4.79 Å². The normalized spacial score (nSPS) is 15.5. The molecule has 7 heteroatoms. The van der Waals surface area contributed by atoms with Crippen LogP contribution >= 0.6 is 0 Å². The summed E-state index contributed by atoms with van der Waals surface area (Å²) < 4.78 is 0. The van der Waals surface area contributed by atoms with Crippen molar-refractivity contribution in [3.05, 3.63) is 71.3 Å². The van der Waals surface area contributed by atoms with E-state index < -0.39 is 6.09 Å². The molecule has 1 saturated heterocycles. The Balaban J connectivity index is 1.62. The van der Waals surface area contributed by atoms with Gasteiger partial charge in [0.25, 0.3) is 0 Å². The second-order valence-corrected chi connectivity index (χ2v) is 6.41. The van der Waals surface area contributed by atoms with Crippen molar-refractivity contribution >= 4 is 17.8 Å². The average molecular weight is 366 g/mol. The van der Waals surface area contributed by atoms with Crippen molar-refractivity contribution in [1.82, 2.24) is 15.5 Å². The summed E-state index contributed by atoms with van der Waals surface area (Å²) in [7, 11) is 0. The number of nitrogens with zero attached hydrogens (tertiary/aromatic N) is 1. The van der Waals surface area contributed by atoms with Crippen LogP contribution in [0.3, 0.4) is 0 Å². The molecule has 0 unspecified atom stereocenters. The van der Waals surface area contributed by atoms with Crippen molar-refractivity contribution < 1.29 is 14.7 Å². The highest BCUT2D eigenvalue weighted by molar-refractivity contribution is 6.04. The first-order valence-electron chi connectivity index (χ1n) is 8.78. The van der Waals surface area contributed by atoms with Crippen LogP contribution in [0.2, 0.25) is 0 Å². The first kappa shape index (κ1) is 18.6. The molecule has 1 heterocycles. The van der Waals surface area contributed by atoms with E-state index in [9.17, 15) is 14.7 Å². The quantitative estimate of drug-likeness (QED) is 0.464. The summed E-state index contributed by atoms with van der Waals surface area (Å²) in [5.41, 5.74) is 2.21. The molecule has 0 spiro atoms. The van der Waals surface area contributed by atoms with E-state index in [0.29, 0.717) is 12.1 Å². The molecule has 2 aromatic rings. The van der Waals surface area contributed by atoms with Gasteiger partial charge >= 0.3 is 6.09 Å². The minimum absolute atomic E-state index is 0.0158. The molecule has 7 nitrogen and oxygen atoms in total. The number of carboxylic acid groups (broad SMARTS) is 1. The zero-order chi connectivity index (χ0) is 19.2. The summed E-state index contributed by atoms with van der Waals surface area (Å²) >= 11 is 0. The summed E-state index contributed by atoms with van der Waals surface area (Å²) in [6.45, 7) is 1.39. The first-order chi connectivity index (χ1) is 13.0. The third kappa shape index (κ3) is 4.71. The van der Waals surface area contributed by atoms with Gasteiger partial charge in [-0.2, -0.15) is 0 Å². The van der Waals surface area contributed by atoms with Crippen molar-refractivity contribution in [2.45, 2.75) is 25.6 Å². The molecule has 0 saturated carbocycles. The number of hydrogen-bond acceptors (Lipinski definition) is 4. The molecule has 4 N–H and O–H groups in total. The maximum atomic E-state index is 11.8. The first-order valence-corrected chi connectivity index (χ1v) is 8.78. The smallest absolute Gasteiger partial charge is 0.413 e. The highest BCUT2D eigenvalue weighted by Crippen LogP contribution is 2.12. The van der Waals surface area contributed by atoms with E-state index in [1.54, 1.807) is 24.3 Å². The second-order valence-electron chi connectivity index (χ2n) is 6.41. The highest BCUT2D eigenvalue weighted by atomic mass is 16.4. The van der Waals surface area contributed by atoms with Crippen molar-refractivity contribution in [3.63, 3.8) is 0 Å². The summed E-state index contributed by atoms with van der Waals surface area (Å²) in [5.74, 6) is -0.0985. The van der Waals surface area contributed by atoms with Crippen LogP contribution in [-0.2, 0) is 17.9 Å². The van der Waals surface area contributed by atoms with Crippen LogP contribution in [0.25, 0.3) is 0 Å². The predicted octanol–water partition coefficient (Wildman–Crippen LogP) is 2.17. The fourth-order valence-corrected chi connectivity index (χ4v) is 2.77. The largest absolute Gasteiger partial charge is 0.465 e. The van der Waals surface area contributed by atoms with Gasteiger partial charge < -0.3 is 15.7 Å². The third-order valence-electron chi connectivity index (χ3n) is 4.52. The Labute approximate surface area is 157 Å². The number of benzene rings is 2. The van der Waals surface area contributed by atoms with Crippen molar-refractivity contribution in [3.8, 4) is 0 Å². The molecule has 27 heavy (non-hydrogen) atoms. The van der Waals surface area contributed by atoms with E-state index in [1.807, 2.05) is 30.3 Å². The zero-order valence-electron chi connectivity index (χ0n) is 14.8. The Morgan fingerprint density at radius 1 is 1.11 bits per heavy atom. The molecule has 3 rings (SSSR count). The van der Waals surface area contributed by atoms with E-state index in [-0.39, 0.29) is 24.3 Å². The topological polar surface area (TPSA) is 106 Å². The van der Waals surface area contributed by atoms with E-state index in [1.165, 1.54) is 0 Å².